The zero-order valence-electron chi connectivity index (χ0n) is 13.8. The average molecular weight is 351 g/mol. The molecule has 1 atom stereocenters. The topological polar surface area (TPSA) is 41.6 Å². The summed E-state index contributed by atoms with van der Waals surface area (Å²) in [6.07, 6.45) is 0.155. The monoisotopic (exact) mass is 350 g/mol. The van der Waals surface area contributed by atoms with Gasteiger partial charge in [-0.3, -0.25) is 0 Å². The Balaban J connectivity index is 2.17. The van der Waals surface area contributed by atoms with Crippen molar-refractivity contribution in [3.63, 3.8) is 0 Å². The second kappa shape index (κ2) is 8.02. The average Bonchev–Trinajstić information content (AvgIpc) is 2.55. The molecule has 0 aromatic heterocycles. The first-order valence-corrected chi connectivity index (χ1v) is 7.99. The summed E-state index contributed by atoms with van der Waals surface area (Å²) in [4.78, 5) is 13.1. The van der Waals surface area contributed by atoms with Gasteiger partial charge in [-0.05, 0) is 30.7 Å². The van der Waals surface area contributed by atoms with E-state index in [1.165, 1.54) is 11.0 Å². The van der Waals surface area contributed by atoms with E-state index in [4.69, 9.17) is 16.3 Å². The first-order chi connectivity index (χ1) is 11.4. The molecule has 1 N–H and O–H groups in total. The van der Waals surface area contributed by atoms with Crippen molar-refractivity contribution in [3.8, 4) is 5.75 Å². The van der Waals surface area contributed by atoms with Crippen LogP contribution in [0.25, 0.3) is 0 Å². The van der Waals surface area contributed by atoms with Crippen LogP contribution in [0.2, 0.25) is 5.02 Å². The minimum absolute atomic E-state index is 0.252. The van der Waals surface area contributed by atoms with Crippen molar-refractivity contribution in [2.45, 2.75) is 19.4 Å². The first kappa shape index (κ1) is 18.1. The van der Waals surface area contributed by atoms with Gasteiger partial charge in [-0.1, -0.05) is 36.7 Å². The van der Waals surface area contributed by atoms with Gasteiger partial charge >= 0.3 is 6.03 Å². The molecule has 0 fully saturated rings. The summed E-state index contributed by atoms with van der Waals surface area (Å²) in [7, 11) is 3.29. The lowest BCUT2D eigenvalue weighted by Crippen LogP contribution is -2.27. The van der Waals surface area contributed by atoms with E-state index in [1.54, 1.807) is 50.5 Å². The van der Waals surface area contributed by atoms with Crippen molar-refractivity contribution < 1.29 is 13.9 Å². The van der Waals surface area contributed by atoms with Crippen LogP contribution in [0, 0.1) is 5.82 Å². The van der Waals surface area contributed by atoms with E-state index in [0.717, 1.165) is 0 Å². The van der Waals surface area contributed by atoms with Gasteiger partial charge in [0.25, 0.3) is 0 Å². The van der Waals surface area contributed by atoms with Gasteiger partial charge < -0.3 is 15.0 Å². The second-order valence-electron chi connectivity index (χ2n) is 5.51. The van der Waals surface area contributed by atoms with E-state index in [2.05, 4.69) is 5.32 Å². The molecule has 0 aliphatic heterocycles. The van der Waals surface area contributed by atoms with Crippen molar-refractivity contribution >= 4 is 23.3 Å². The summed E-state index contributed by atoms with van der Waals surface area (Å²) in [6, 6.07) is 11.2. The lowest BCUT2D eigenvalue weighted by atomic mass is 10.1. The van der Waals surface area contributed by atoms with Gasteiger partial charge in [-0.25, -0.2) is 9.18 Å². The summed E-state index contributed by atoms with van der Waals surface area (Å²) in [5.41, 5.74) is 1.05. The molecule has 0 bridgehead atoms. The highest BCUT2D eigenvalue weighted by molar-refractivity contribution is 6.32. The molecule has 0 aliphatic carbocycles. The van der Waals surface area contributed by atoms with Crippen molar-refractivity contribution in [1.29, 1.82) is 0 Å². The number of carbonyl (C=O) groups excluding carboxylic acids is 1. The molecule has 2 rings (SSSR count). The van der Waals surface area contributed by atoms with Crippen LogP contribution in [0.4, 0.5) is 14.9 Å². The summed E-state index contributed by atoms with van der Waals surface area (Å²) in [6.45, 7) is 1.91. The third-order valence-corrected chi connectivity index (χ3v) is 3.78. The fraction of sp³-hybridized carbons (Fsp3) is 0.278. The normalized spacial score (nSPS) is 11.7. The third kappa shape index (κ3) is 4.38. The zero-order chi connectivity index (χ0) is 17.7. The second-order valence-corrected chi connectivity index (χ2v) is 5.91. The summed E-state index contributed by atoms with van der Waals surface area (Å²) in [5.74, 6) is 0.130. The van der Waals surface area contributed by atoms with Crippen LogP contribution in [0.15, 0.2) is 42.5 Å². The molecule has 0 saturated heterocycles. The molecule has 6 heteroatoms. The highest BCUT2D eigenvalue weighted by atomic mass is 35.5. The highest BCUT2D eigenvalue weighted by Crippen LogP contribution is 2.33. The maximum absolute atomic E-state index is 13.9. The Bertz CT molecular complexity index is 722. The van der Waals surface area contributed by atoms with Gasteiger partial charge in [0.15, 0.2) is 0 Å². The number of nitrogens with zero attached hydrogens (tertiary/aromatic N) is 1. The maximum Gasteiger partial charge on any atom is 0.321 e. The summed E-state index contributed by atoms with van der Waals surface area (Å²) < 4.78 is 19.8. The fourth-order valence-electron chi connectivity index (χ4n) is 2.17. The lowest BCUT2D eigenvalue weighted by Gasteiger charge is -2.20. The predicted octanol–water partition coefficient (Wildman–Crippen LogP) is 5.10. The Morgan fingerprint density at radius 2 is 2.00 bits per heavy atom. The van der Waals surface area contributed by atoms with Crippen LogP contribution in [-0.4, -0.2) is 25.0 Å². The molecule has 4 nitrogen and oxygen atoms in total. The van der Waals surface area contributed by atoms with Crippen LogP contribution >= 0.6 is 11.6 Å². The minimum Gasteiger partial charge on any atom is -0.484 e. The lowest BCUT2D eigenvalue weighted by molar-refractivity contribution is 0.196. The zero-order valence-corrected chi connectivity index (χ0v) is 14.6. The Morgan fingerprint density at radius 3 is 2.58 bits per heavy atom. The van der Waals surface area contributed by atoms with Crippen LogP contribution in [0.5, 0.6) is 5.75 Å². The van der Waals surface area contributed by atoms with Crippen molar-refractivity contribution in [2.75, 3.05) is 19.4 Å². The number of ether oxygens (including phenoxy) is 1. The van der Waals surface area contributed by atoms with Crippen LogP contribution in [-0.2, 0) is 0 Å². The highest BCUT2D eigenvalue weighted by Gasteiger charge is 2.17. The Hall–Kier alpha value is -2.27. The van der Waals surface area contributed by atoms with Gasteiger partial charge in [-0.15, -0.1) is 0 Å². The van der Waals surface area contributed by atoms with Gasteiger partial charge in [0.2, 0.25) is 0 Å². The van der Waals surface area contributed by atoms with E-state index in [0.29, 0.717) is 28.4 Å². The van der Waals surface area contributed by atoms with E-state index >= 15 is 0 Å². The number of urea groups is 1. The van der Waals surface area contributed by atoms with Crippen LogP contribution in [0.1, 0.15) is 25.0 Å². The molecule has 0 spiro atoms. The van der Waals surface area contributed by atoms with Gasteiger partial charge in [0.1, 0.15) is 17.7 Å². The molecule has 2 amide bonds. The fourth-order valence-corrected chi connectivity index (χ4v) is 2.39. The van der Waals surface area contributed by atoms with E-state index in [9.17, 15) is 9.18 Å². The summed E-state index contributed by atoms with van der Waals surface area (Å²) >= 11 is 6.24. The third-order valence-electron chi connectivity index (χ3n) is 3.48. The number of nitrogens with one attached hydrogen (secondary N) is 1. The smallest absolute Gasteiger partial charge is 0.321 e. The molecular formula is C18H20ClFN2O2. The van der Waals surface area contributed by atoms with Gasteiger partial charge in [0, 0.05) is 25.3 Å². The number of hydrogen-bond donors (Lipinski definition) is 1. The van der Waals surface area contributed by atoms with E-state index < -0.39 is 6.10 Å². The molecule has 2 aromatic carbocycles. The number of anilines is 1. The van der Waals surface area contributed by atoms with E-state index in [1.807, 2.05) is 6.92 Å². The maximum atomic E-state index is 13.9. The SMILES string of the molecule is CCC(Oc1ccc(NC(=O)N(C)C)cc1Cl)c1ccccc1F. The molecule has 24 heavy (non-hydrogen) atoms. The predicted molar refractivity (Wildman–Crippen MR) is 94.2 cm³/mol. The number of benzene rings is 2. The van der Waals surface area contributed by atoms with Crippen molar-refractivity contribution in [2.24, 2.45) is 0 Å². The number of hydrogen-bond acceptors (Lipinski definition) is 2. The number of carbonyl (C=O) groups is 1. The van der Waals surface area contributed by atoms with Crippen molar-refractivity contribution in [3.05, 3.63) is 58.9 Å². The molecule has 1 unspecified atom stereocenters. The number of halogens is 2. The number of rotatable bonds is 5. The van der Waals surface area contributed by atoms with Gasteiger partial charge in [-0.2, -0.15) is 0 Å². The van der Waals surface area contributed by atoms with Crippen LogP contribution < -0.4 is 10.1 Å². The molecule has 128 valence electrons. The largest absolute Gasteiger partial charge is 0.484 e. The quantitative estimate of drug-likeness (QED) is 0.814. The molecule has 2 aromatic rings. The Kier molecular flexibility index (Phi) is 6.04. The molecule has 0 saturated carbocycles. The Labute approximate surface area is 146 Å². The summed E-state index contributed by atoms with van der Waals surface area (Å²) in [5, 5.41) is 3.05. The minimum atomic E-state index is -0.439. The molecule has 0 aliphatic rings. The first-order valence-electron chi connectivity index (χ1n) is 7.61. The molecule has 0 heterocycles. The van der Waals surface area contributed by atoms with E-state index in [-0.39, 0.29) is 11.8 Å². The molecular weight excluding hydrogens is 331 g/mol. The Morgan fingerprint density at radius 1 is 1.29 bits per heavy atom. The van der Waals surface area contributed by atoms with Gasteiger partial charge in [0.05, 0.1) is 5.02 Å². The van der Waals surface area contributed by atoms with Crippen molar-refractivity contribution in [1.82, 2.24) is 4.90 Å². The van der Waals surface area contributed by atoms with Crippen LogP contribution in [0.3, 0.4) is 0 Å². The number of amides is 2. The molecule has 0 radical (unpaired) electrons. The standard InChI is InChI=1S/C18H20ClFN2O2/c1-4-16(13-7-5-6-8-15(13)20)24-17-10-9-12(11-14(17)19)21-18(23)22(2)3/h5-11,16H,4H2,1-3H3,(H,21,23).